The normalized spacial score (nSPS) is 21.8. The molecule has 1 amide bonds. The van der Waals surface area contributed by atoms with E-state index in [-0.39, 0.29) is 19.6 Å². The third kappa shape index (κ3) is 3.27. The molecule has 0 aliphatic carbocycles. The minimum atomic E-state index is -1.11. The van der Waals surface area contributed by atoms with Crippen LogP contribution in [0.2, 0.25) is 0 Å². The summed E-state index contributed by atoms with van der Waals surface area (Å²) in [6, 6.07) is 6.27. The molecule has 0 aromatic heterocycles. The van der Waals surface area contributed by atoms with E-state index in [9.17, 15) is 14.7 Å². The van der Waals surface area contributed by atoms with Crippen LogP contribution in [0.1, 0.15) is 12.0 Å². The third-order valence-electron chi connectivity index (χ3n) is 3.24. The van der Waals surface area contributed by atoms with Crippen molar-refractivity contribution < 1.29 is 24.5 Å². The molecule has 0 radical (unpaired) electrons. The van der Waals surface area contributed by atoms with Gasteiger partial charge in [-0.25, -0.2) is 4.79 Å². The molecule has 20 heavy (non-hydrogen) atoms. The Hall–Kier alpha value is -2.08. The first-order valence-electron chi connectivity index (χ1n) is 6.37. The molecule has 0 saturated carbocycles. The van der Waals surface area contributed by atoms with Crippen LogP contribution in [0.15, 0.2) is 24.3 Å². The Morgan fingerprint density at radius 2 is 2.20 bits per heavy atom. The van der Waals surface area contributed by atoms with Crippen LogP contribution in [0.5, 0.6) is 5.75 Å². The Bertz CT molecular complexity index is 516. The lowest BCUT2D eigenvalue weighted by molar-refractivity contribution is -0.148. The van der Waals surface area contributed by atoms with Gasteiger partial charge in [0.2, 0.25) is 0 Å². The highest BCUT2D eigenvalue weighted by Gasteiger charge is 2.38. The Balaban J connectivity index is 1.96. The fourth-order valence-electron chi connectivity index (χ4n) is 2.26. The molecule has 0 bridgehead atoms. The van der Waals surface area contributed by atoms with Crippen LogP contribution < -0.4 is 4.74 Å². The van der Waals surface area contributed by atoms with E-state index < -0.39 is 24.0 Å². The van der Waals surface area contributed by atoms with Crippen molar-refractivity contribution in [3.63, 3.8) is 0 Å². The number of aliphatic carboxylic acids is 1. The number of nitrogens with zero attached hydrogens (tertiary/aromatic N) is 1. The molecule has 2 N–H and O–H groups in total. The maximum Gasteiger partial charge on any atom is 0.326 e. The van der Waals surface area contributed by atoms with Crippen LogP contribution >= 0.6 is 0 Å². The first-order valence-corrected chi connectivity index (χ1v) is 6.37. The molecule has 6 nitrogen and oxygen atoms in total. The van der Waals surface area contributed by atoms with E-state index in [1.807, 2.05) is 19.1 Å². The number of benzene rings is 1. The number of carbonyl (C=O) groups excluding carboxylic acids is 1. The van der Waals surface area contributed by atoms with Crippen LogP contribution in [0, 0.1) is 6.92 Å². The van der Waals surface area contributed by atoms with Gasteiger partial charge >= 0.3 is 5.97 Å². The van der Waals surface area contributed by atoms with Gasteiger partial charge in [-0.3, -0.25) is 4.79 Å². The zero-order valence-corrected chi connectivity index (χ0v) is 11.2. The summed E-state index contributed by atoms with van der Waals surface area (Å²) in [4.78, 5) is 24.2. The number of aliphatic hydroxyl groups is 1. The number of ether oxygens (including phenoxy) is 1. The summed E-state index contributed by atoms with van der Waals surface area (Å²) in [5.41, 5.74) is 1.01. The number of aliphatic hydroxyl groups excluding tert-OH is 1. The van der Waals surface area contributed by atoms with Gasteiger partial charge in [0.25, 0.3) is 5.91 Å². The van der Waals surface area contributed by atoms with Crippen molar-refractivity contribution >= 4 is 11.9 Å². The molecular formula is C14H17NO5. The number of likely N-dealkylation sites (tertiary alicyclic amines) is 1. The second-order valence-corrected chi connectivity index (χ2v) is 4.89. The largest absolute Gasteiger partial charge is 0.484 e. The van der Waals surface area contributed by atoms with Crippen LogP contribution in [0.4, 0.5) is 0 Å². The molecule has 108 valence electrons. The van der Waals surface area contributed by atoms with E-state index in [0.29, 0.717) is 5.75 Å². The summed E-state index contributed by atoms with van der Waals surface area (Å²) in [7, 11) is 0. The molecule has 1 aromatic carbocycles. The number of rotatable bonds is 4. The summed E-state index contributed by atoms with van der Waals surface area (Å²) >= 11 is 0. The van der Waals surface area contributed by atoms with Gasteiger partial charge in [-0.15, -0.1) is 0 Å². The summed E-state index contributed by atoms with van der Waals surface area (Å²) < 4.78 is 5.36. The average Bonchev–Trinajstić information content (AvgIpc) is 2.78. The van der Waals surface area contributed by atoms with Gasteiger partial charge in [0.1, 0.15) is 11.8 Å². The lowest BCUT2D eigenvalue weighted by Gasteiger charge is -2.21. The van der Waals surface area contributed by atoms with Gasteiger partial charge < -0.3 is 19.8 Å². The molecule has 1 heterocycles. The average molecular weight is 279 g/mol. The van der Waals surface area contributed by atoms with Crippen molar-refractivity contribution in [3.8, 4) is 5.75 Å². The number of amides is 1. The first-order chi connectivity index (χ1) is 9.47. The van der Waals surface area contributed by atoms with Crippen molar-refractivity contribution in [2.75, 3.05) is 13.2 Å². The van der Waals surface area contributed by atoms with Crippen molar-refractivity contribution in [1.29, 1.82) is 0 Å². The van der Waals surface area contributed by atoms with Crippen molar-refractivity contribution in [1.82, 2.24) is 4.90 Å². The summed E-state index contributed by atoms with van der Waals surface area (Å²) in [5, 5.41) is 18.5. The maximum atomic E-state index is 12.0. The molecule has 2 unspecified atom stereocenters. The molecule has 2 atom stereocenters. The molecule has 1 aromatic rings. The van der Waals surface area contributed by atoms with E-state index in [2.05, 4.69) is 0 Å². The molecule has 0 spiro atoms. The van der Waals surface area contributed by atoms with Gasteiger partial charge in [0, 0.05) is 13.0 Å². The highest BCUT2D eigenvalue weighted by Crippen LogP contribution is 2.19. The van der Waals surface area contributed by atoms with Crippen LogP contribution in [-0.2, 0) is 9.59 Å². The van der Waals surface area contributed by atoms with E-state index in [4.69, 9.17) is 9.84 Å². The van der Waals surface area contributed by atoms with E-state index in [1.165, 1.54) is 0 Å². The number of carboxylic acids is 1. The second kappa shape index (κ2) is 5.92. The monoisotopic (exact) mass is 279 g/mol. The number of hydrogen-bond donors (Lipinski definition) is 2. The fraction of sp³-hybridized carbons (Fsp3) is 0.429. The van der Waals surface area contributed by atoms with Crippen molar-refractivity contribution in [3.05, 3.63) is 29.8 Å². The molecular weight excluding hydrogens is 262 g/mol. The molecule has 1 saturated heterocycles. The molecule has 1 fully saturated rings. The minimum Gasteiger partial charge on any atom is -0.484 e. The topological polar surface area (TPSA) is 87.1 Å². The number of hydrogen-bond acceptors (Lipinski definition) is 4. The maximum absolute atomic E-state index is 12.0. The van der Waals surface area contributed by atoms with E-state index in [0.717, 1.165) is 10.5 Å². The van der Waals surface area contributed by atoms with Crippen molar-refractivity contribution in [2.24, 2.45) is 0 Å². The van der Waals surface area contributed by atoms with Gasteiger partial charge in [-0.2, -0.15) is 0 Å². The lowest BCUT2D eigenvalue weighted by atomic mass is 10.2. The van der Waals surface area contributed by atoms with Gasteiger partial charge in [0.05, 0.1) is 6.10 Å². The minimum absolute atomic E-state index is 0.0347. The number of β-amino-alcohol motifs (C(OH)–C–C–N with tert-alkyl or cyclic N) is 1. The van der Waals surface area contributed by atoms with E-state index >= 15 is 0 Å². The fourth-order valence-corrected chi connectivity index (χ4v) is 2.26. The Morgan fingerprint density at radius 1 is 1.45 bits per heavy atom. The number of carboxylic acid groups (broad SMARTS) is 1. The highest BCUT2D eigenvalue weighted by atomic mass is 16.5. The zero-order chi connectivity index (χ0) is 14.7. The Morgan fingerprint density at radius 3 is 2.85 bits per heavy atom. The van der Waals surface area contributed by atoms with Crippen LogP contribution in [-0.4, -0.2) is 52.3 Å². The SMILES string of the molecule is Cc1cccc(OCC(=O)N2CC(O)CC2C(=O)O)c1. The zero-order valence-electron chi connectivity index (χ0n) is 11.2. The highest BCUT2D eigenvalue weighted by molar-refractivity contribution is 5.85. The van der Waals surface area contributed by atoms with Crippen LogP contribution in [0.3, 0.4) is 0 Å². The molecule has 1 aliphatic rings. The molecule has 6 heteroatoms. The molecule has 1 aliphatic heterocycles. The number of carbonyl (C=O) groups is 2. The smallest absolute Gasteiger partial charge is 0.326 e. The summed E-state index contributed by atoms with van der Waals surface area (Å²) in [6.45, 7) is 1.71. The third-order valence-corrected chi connectivity index (χ3v) is 3.24. The Labute approximate surface area is 116 Å². The standard InChI is InChI=1S/C14H17NO5/c1-9-3-2-4-11(5-9)20-8-13(17)15-7-10(16)6-12(15)14(18)19/h2-5,10,12,16H,6-8H2,1H3,(H,18,19). The summed E-state index contributed by atoms with van der Waals surface area (Å²) in [6.07, 6.45) is -0.732. The predicted molar refractivity (Wildman–Crippen MR) is 70.4 cm³/mol. The lowest BCUT2D eigenvalue weighted by Crippen LogP contribution is -2.42. The first kappa shape index (κ1) is 14.3. The van der Waals surface area contributed by atoms with Gasteiger partial charge in [-0.05, 0) is 24.6 Å². The number of aryl methyl sites for hydroxylation is 1. The van der Waals surface area contributed by atoms with Crippen molar-refractivity contribution in [2.45, 2.75) is 25.5 Å². The van der Waals surface area contributed by atoms with Gasteiger partial charge in [0.15, 0.2) is 6.61 Å². The predicted octanol–water partition coefficient (Wildman–Crippen LogP) is 0.420. The second-order valence-electron chi connectivity index (χ2n) is 4.89. The Kier molecular flexibility index (Phi) is 4.24. The molecule has 2 rings (SSSR count). The quantitative estimate of drug-likeness (QED) is 0.834. The van der Waals surface area contributed by atoms with E-state index in [1.54, 1.807) is 12.1 Å². The van der Waals surface area contributed by atoms with Crippen LogP contribution in [0.25, 0.3) is 0 Å². The summed E-state index contributed by atoms with van der Waals surface area (Å²) in [5.74, 6) is -0.981. The van der Waals surface area contributed by atoms with Gasteiger partial charge in [-0.1, -0.05) is 12.1 Å².